The van der Waals surface area contributed by atoms with E-state index in [1.54, 1.807) is 49.6 Å². The van der Waals surface area contributed by atoms with Crippen molar-refractivity contribution in [3.8, 4) is 0 Å². The maximum absolute atomic E-state index is 13.0. The number of benzene rings is 2. The lowest BCUT2D eigenvalue weighted by molar-refractivity contribution is -0.116. The van der Waals surface area contributed by atoms with Gasteiger partial charge in [-0.25, -0.2) is 8.42 Å². The van der Waals surface area contributed by atoms with Gasteiger partial charge in [0.05, 0.1) is 23.2 Å². The summed E-state index contributed by atoms with van der Waals surface area (Å²) >= 11 is 0. The van der Waals surface area contributed by atoms with E-state index in [1.165, 1.54) is 6.92 Å². The summed E-state index contributed by atoms with van der Waals surface area (Å²) in [5.74, 6) is -0.884. The minimum absolute atomic E-state index is 0.293. The monoisotopic (exact) mass is 447 g/mol. The van der Waals surface area contributed by atoms with Gasteiger partial charge in [-0.3, -0.25) is 13.9 Å². The number of para-hydroxylation sites is 1. The van der Waals surface area contributed by atoms with Crippen molar-refractivity contribution < 1.29 is 22.7 Å². The number of sulfonamides is 1. The summed E-state index contributed by atoms with van der Waals surface area (Å²) < 4.78 is 31.0. The molecule has 0 aliphatic heterocycles. The average molecular weight is 448 g/mol. The molecule has 0 saturated heterocycles. The maximum Gasteiger partial charge on any atom is 0.253 e. The van der Waals surface area contributed by atoms with Crippen LogP contribution in [0.25, 0.3) is 0 Å². The van der Waals surface area contributed by atoms with Gasteiger partial charge in [0.2, 0.25) is 15.9 Å². The van der Waals surface area contributed by atoms with Crippen LogP contribution in [0.3, 0.4) is 0 Å². The van der Waals surface area contributed by atoms with E-state index in [4.69, 9.17) is 4.74 Å². The normalized spacial score (nSPS) is 12.1. The fourth-order valence-corrected chi connectivity index (χ4v) is 4.28. The zero-order chi connectivity index (χ0) is 23.0. The zero-order valence-corrected chi connectivity index (χ0v) is 19.0. The highest BCUT2D eigenvalue weighted by Gasteiger charge is 2.29. The van der Waals surface area contributed by atoms with Crippen molar-refractivity contribution in [2.45, 2.75) is 26.3 Å². The highest BCUT2D eigenvalue weighted by atomic mass is 32.2. The van der Waals surface area contributed by atoms with Gasteiger partial charge in [-0.05, 0) is 50.1 Å². The second kappa shape index (κ2) is 10.9. The minimum Gasteiger partial charge on any atom is -0.385 e. The lowest BCUT2D eigenvalue weighted by Gasteiger charge is -2.28. The van der Waals surface area contributed by atoms with Crippen LogP contribution in [0.2, 0.25) is 0 Å². The summed E-state index contributed by atoms with van der Waals surface area (Å²) in [6.07, 6.45) is 1.72. The molecule has 0 saturated carbocycles. The summed E-state index contributed by atoms with van der Waals surface area (Å²) in [6, 6.07) is 12.5. The predicted octanol–water partition coefficient (Wildman–Crippen LogP) is 2.55. The van der Waals surface area contributed by atoms with Crippen LogP contribution in [0, 0.1) is 6.92 Å². The number of ether oxygens (including phenoxy) is 1. The third-order valence-corrected chi connectivity index (χ3v) is 5.83. The fraction of sp³-hybridized carbons (Fsp3) is 0.364. The van der Waals surface area contributed by atoms with Crippen LogP contribution >= 0.6 is 0 Å². The first-order chi connectivity index (χ1) is 14.6. The third kappa shape index (κ3) is 6.80. The quantitative estimate of drug-likeness (QED) is 0.545. The van der Waals surface area contributed by atoms with E-state index >= 15 is 0 Å². The summed E-state index contributed by atoms with van der Waals surface area (Å²) in [4.78, 5) is 25.5. The average Bonchev–Trinajstić information content (AvgIpc) is 2.70. The Morgan fingerprint density at radius 3 is 2.48 bits per heavy atom. The molecule has 31 heavy (non-hydrogen) atoms. The number of anilines is 2. The fourth-order valence-electron chi connectivity index (χ4n) is 3.11. The Morgan fingerprint density at radius 2 is 1.84 bits per heavy atom. The van der Waals surface area contributed by atoms with Gasteiger partial charge in [-0.1, -0.05) is 24.3 Å². The van der Waals surface area contributed by atoms with Crippen LogP contribution in [0.15, 0.2) is 48.5 Å². The van der Waals surface area contributed by atoms with Crippen molar-refractivity contribution in [2.24, 2.45) is 0 Å². The number of methoxy groups -OCH3 is 1. The van der Waals surface area contributed by atoms with Crippen LogP contribution in [0.1, 0.15) is 29.3 Å². The van der Waals surface area contributed by atoms with E-state index in [-0.39, 0.29) is 5.91 Å². The summed E-state index contributed by atoms with van der Waals surface area (Å²) in [7, 11) is -2.15. The standard InChI is InChI=1S/C22H29N3O5S/c1-16-9-7-10-18(15-16)25(31(4,28)29)17(2)21(26)24-20-12-6-5-11-19(20)22(27)23-13-8-14-30-3/h5-7,9-12,15,17H,8,13-14H2,1-4H3,(H,23,27)(H,24,26). The molecule has 0 radical (unpaired) electrons. The molecule has 2 aromatic carbocycles. The van der Waals surface area contributed by atoms with Crippen LogP contribution in [-0.4, -0.2) is 52.8 Å². The number of carbonyl (C=O) groups excluding carboxylic acids is 2. The Kier molecular flexibility index (Phi) is 8.58. The first kappa shape index (κ1) is 24.4. The van der Waals surface area contributed by atoms with Crippen LogP contribution in [-0.2, 0) is 19.6 Å². The second-order valence-electron chi connectivity index (χ2n) is 7.21. The lowest BCUT2D eigenvalue weighted by Crippen LogP contribution is -2.45. The minimum atomic E-state index is -3.73. The van der Waals surface area contributed by atoms with Crippen molar-refractivity contribution >= 4 is 33.2 Å². The number of rotatable bonds is 10. The summed E-state index contributed by atoms with van der Waals surface area (Å²) in [5.41, 5.74) is 1.87. The van der Waals surface area contributed by atoms with Crippen LogP contribution < -0.4 is 14.9 Å². The lowest BCUT2D eigenvalue weighted by atomic mass is 10.1. The number of carbonyl (C=O) groups is 2. The Bertz CT molecular complexity index is 1020. The van der Waals surface area contributed by atoms with E-state index in [0.717, 1.165) is 16.1 Å². The number of amides is 2. The molecule has 0 aliphatic rings. The van der Waals surface area contributed by atoms with Crippen LogP contribution in [0.4, 0.5) is 11.4 Å². The van der Waals surface area contributed by atoms with Crippen molar-refractivity contribution in [3.05, 3.63) is 59.7 Å². The van der Waals surface area contributed by atoms with Gasteiger partial charge >= 0.3 is 0 Å². The Hall–Kier alpha value is -2.91. The molecule has 1 unspecified atom stereocenters. The second-order valence-corrected chi connectivity index (χ2v) is 9.07. The van der Waals surface area contributed by atoms with E-state index in [0.29, 0.717) is 36.5 Å². The van der Waals surface area contributed by atoms with Gasteiger partial charge < -0.3 is 15.4 Å². The number of nitrogens with zero attached hydrogens (tertiary/aromatic N) is 1. The first-order valence-electron chi connectivity index (χ1n) is 9.88. The van der Waals surface area contributed by atoms with E-state index < -0.39 is 22.0 Å². The molecule has 2 amide bonds. The maximum atomic E-state index is 13.0. The SMILES string of the molecule is COCCCNC(=O)c1ccccc1NC(=O)C(C)N(c1cccc(C)c1)S(C)(=O)=O. The van der Waals surface area contributed by atoms with E-state index in [2.05, 4.69) is 10.6 Å². The van der Waals surface area contributed by atoms with Crippen molar-refractivity contribution in [3.63, 3.8) is 0 Å². The van der Waals surface area contributed by atoms with Gasteiger partial charge in [-0.2, -0.15) is 0 Å². The van der Waals surface area contributed by atoms with Gasteiger partial charge in [0.25, 0.3) is 5.91 Å². The summed E-state index contributed by atoms with van der Waals surface area (Å²) in [5, 5.41) is 5.48. The van der Waals surface area contributed by atoms with Gasteiger partial charge in [0.15, 0.2) is 0 Å². The number of hydrogen-bond donors (Lipinski definition) is 2. The molecule has 0 spiro atoms. The molecule has 0 heterocycles. The molecule has 9 heteroatoms. The summed E-state index contributed by atoms with van der Waals surface area (Å²) in [6.45, 7) is 4.30. The molecular formula is C22H29N3O5S. The molecule has 2 N–H and O–H groups in total. The smallest absolute Gasteiger partial charge is 0.253 e. The molecule has 0 fully saturated rings. The van der Waals surface area contributed by atoms with Gasteiger partial charge in [0, 0.05) is 20.3 Å². The molecule has 8 nitrogen and oxygen atoms in total. The number of aryl methyl sites for hydroxylation is 1. The molecule has 1 atom stereocenters. The number of hydrogen-bond acceptors (Lipinski definition) is 5. The van der Waals surface area contributed by atoms with Crippen molar-refractivity contribution in [1.29, 1.82) is 0 Å². The molecule has 168 valence electrons. The topological polar surface area (TPSA) is 105 Å². The highest BCUT2D eigenvalue weighted by Crippen LogP contribution is 2.23. The largest absolute Gasteiger partial charge is 0.385 e. The third-order valence-electron chi connectivity index (χ3n) is 4.58. The molecule has 2 rings (SSSR count). The van der Waals surface area contributed by atoms with Gasteiger partial charge in [-0.15, -0.1) is 0 Å². The molecule has 2 aromatic rings. The Labute approximate surface area is 183 Å². The Morgan fingerprint density at radius 1 is 1.13 bits per heavy atom. The van der Waals surface area contributed by atoms with E-state index in [9.17, 15) is 18.0 Å². The van der Waals surface area contributed by atoms with Crippen molar-refractivity contribution in [2.75, 3.05) is 36.1 Å². The Balaban J connectivity index is 2.23. The number of nitrogens with one attached hydrogen (secondary N) is 2. The molecular weight excluding hydrogens is 418 g/mol. The first-order valence-corrected chi connectivity index (χ1v) is 11.7. The van der Waals surface area contributed by atoms with E-state index in [1.807, 2.05) is 13.0 Å². The zero-order valence-electron chi connectivity index (χ0n) is 18.2. The molecule has 0 aromatic heterocycles. The molecule has 0 aliphatic carbocycles. The predicted molar refractivity (Wildman–Crippen MR) is 122 cm³/mol. The molecule has 0 bridgehead atoms. The highest BCUT2D eigenvalue weighted by molar-refractivity contribution is 7.92. The van der Waals surface area contributed by atoms with Crippen molar-refractivity contribution in [1.82, 2.24) is 5.32 Å². The van der Waals surface area contributed by atoms with Gasteiger partial charge in [0.1, 0.15) is 6.04 Å². The van der Waals surface area contributed by atoms with Crippen LogP contribution in [0.5, 0.6) is 0 Å².